The molecular formula is C16H36IN3O2. The second-order valence-electron chi connectivity index (χ2n) is 6.55. The molecule has 5 nitrogen and oxygen atoms in total. The topological polar surface area (TPSA) is 65.9 Å². The fourth-order valence-electron chi connectivity index (χ4n) is 2.07. The summed E-state index contributed by atoms with van der Waals surface area (Å²) >= 11 is 0. The lowest BCUT2D eigenvalue weighted by Gasteiger charge is -2.23. The van der Waals surface area contributed by atoms with Gasteiger partial charge in [0.2, 0.25) is 0 Å². The van der Waals surface area contributed by atoms with Crippen molar-refractivity contribution < 1.29 is 9.84 Å². The molecule has 0 heterocycles. The van der Waals surface area contributed by atoms with Gasteiger partial charge in [0, 0.05) is 26.8 Å². The molecule has 0 aromatic rings. The summed E-state index contributed by atoms with van der Waals surface area (Å²) in [6.07, 6.45) is 1.94. The van der Waals surface area contributed by atoms with Crippen molar-refractivity contribution in [1.29, 1.82) is 0 Å². The summed E-state index contributed by atoms with van der Waals surface area (Å²) in [7, 11) is 1.70. The molecule has 1 unspecified atom stereocenters. The van der Waals surface area contributed by atoms with E-state index >= 15 is 0 Å². The van der Waals surface area contributed by atoms with Gasteiger partial charge in [0.05, 0.1) is 12.1 Å². The zero-order chi connectivity index (χ0) is 16.3. The maximum absolute atomic E-state index is 9.17. The van der Waals surface area contributed by atoms with Crippen LogP contribution in [0.15, 0.2) is 4.99 Å². The van der Waals surface area contributed by atoms with Crippen LogP contribution >= 0.6 is 24.0 Å². The summed E-state index contributed by atoms with van der Waals surface area (Å²) in [6, 6.07) is 0. The molecule has 22 heavy (non-hydrogen) atoms. The number of hydrogen-bond donors (Lipinski definition) is 3. The Labute approximate surface area is 153 Å². The summed E-state index contributed by atoms with van der Waals surface area (Å²) in [5, 5.41) is 15.8. The van der Waals surface area contributed by atoms with Crippen LogP contribution in [0.4, 0.5) is 0 Å². The Kier molecular flexibility index (Phi) is 14.7. The molecule has 0 saturated heterocycles. The standard InChI is InChI=1S/C16H35N3O2.HI/c1-7-17-15(19-12-16(4,5)21-6)18-11-14(8-9-20)10-13(2)3;/h13-14,20H,7-12H2,1-6H3,(H2,17,18,19);1H. The third-order valence-electron chi connectivity index (χ3n) is 3.42. The molecule has 0 fully saturated rings. The van der Waals surface area contributed by atoms with Crippen molar-refractivity contribution in [2.24, 2.45) is 16.8 Å². The van der Waals surface area contributed by atoms with Crippen molar-refractivity contribution in [1.82, 2.24) is 10.6 Å². The van der Waals surface area contributed by atoms with Gasteiger partial charge in [-0.15, -0.1) is 24.0 Å². The van der Waals surface area contributed by atoms with E-state index in [1.807, 2.05) is 13.8 Å². The number of nitrogens with zero attached hydrogens (tertiary/aromatic N) is 1. The van der Waals surface area contributed by atoms with Crippen molar-refractivity contribution in [3.63, 3.8) is 0 Å². The number of aliphatic hydroxyl groups is 1. The molecule has 0 radical (unpaired) electrons. The summed E-state index contributed by atoms with van der Waals surface area (Å²) < 4.78 is 5.39. The molecule has 0 aromatic carbocycles. The van der Waals surface area contributed by atoms with Crippen molar-refractivity contribution >= 4 is 29.9 Å². The highest BCUT2D eigenvalue weighted by atomic mass is 127. The number of methoxy groups -OCH3 is 1. The van der Waals surface area contributed by atoms with E-state index in [4.69, 9.17) is 9.84 Å². The highest BCUT2D eigenvalue weighted by molar-refractivity contribution is 14.0. The van der Waals surface area contributed by atoms with Gasteiger partial charge in [0.15, 0.2) is 5.96 Å². The second kappa shape index (κ2) is 13.4. The number of hydrogen-bond acceptors (Lipinski definition) is 3. The number of halogens is 1. The van der Waals surface area contributed by atoms with Gasteiger partial charge in [-0.1, -0.05) is 13.8 Å². The molecular weight excluding hydrogens is 393 g/mol. The van der Waals surface area contributed by atoms with Gasteiger partial charge in [0.1, 0.15) is 0 Å². The van der Waals surface area contributed by atoms with Crippen LogP contribution in [0.5, 0.6) is 0 Å². The summed E-state index contributed by atoms with van der Waals surface area (Å²) in [5.74, 6) is 1.92. The number of rotatable bonds is 10. The third kappa shape index (κ3) is 12.5. The Morgan fingerprint density at radius 2 is 1.91 bits per heavy atom. The normalized spacial score (nSPS) is 13.7. The van der Waals surface area contributed by atoms with Crippen LogP contribution in [0.1, 0.15) is 47.5 Å². The first-order valence-electron chi connectivity index (χ1n) is 8.02. The van der Waals surface area contributed by atoms with Crippen LogP contribution in [0.25, 0.3) is 0 Å². The lowest BCUT2D eigenvalue weighted by Crippen LogP contribution is -2.41. The molecule has 0 aliphatic heterocycles. The molecule has 0 amide bonds. The second-order valence-corrected chi connectivity index (χ2v) is 6.55. The van der Waals surface area contributed by atoms with E-state index in [-0.39, 0.29) is 36.2 Å². The zero-order valence-corrected chi connectivity index (χ0v) is 17.4. The van der Waals surface area contributed by atoms with Crippen LogP contribution in [0.3, 0.4) is 0 Å². The Hall–Kier alpha value is -0.0800. The van der Waals surface area contributed by atoms with Crippen LogP contribution in [0, 0.1) is 11.8 Å². The zero-order valence-electron chi connectivity index (χ0n) is 15.1. The SMILES string of the molecule is CCNC(=NCC(C)(C)OC)NCC(CCO)CC(C)C.I. The van der Waals surface area contributed by atoms with Gasteiger partial charge in [-0.25, -0.2) is 0 Å². The van der Waals surface area contributed by atoms with Crippen molar-refractivity contribution in [2.45, 2.75) is 53.1 Å². The number of aliphatic hydroxyl groups excluding tert-OH is 1. The van der Waals surface area contributed by atoms with E-state index in [0.717, 1.165) is 31.9 Å². The first-order valence-corrected chi connectivity index (χ1v) is 8.02. The van der Waals surface area contributed by atoms with Gasteiger partial charge in [-0.2, -0.15) is 0 Å². The number of guanidine groups is 1. The average Bonchev–Trinajstić information content (AvgIpc) is 2.41. The van der Waals surface area contributed by atoms with Gasteiger partial charge < -0.3 is 20.5 Å². The van der Waals surface area contributed by atoms with Gasteiger partial charge in [-0.3, -0.25) is 4.99 Å². The molecule has 0 saturated carbocycles. The summed E-state index contributed by atoms with van der Waals surface area (Å²) in [6.45, 7) is 13.0. The van der Waals surface area contributed by atoms with Crippen LogP contribution in [-0.4, -0.2) is 50.0 Å². The molecule has 6 heteroatoms. The summed E-state index contributed by atoms with van der Waals surface area (Å²) in [4.78, 5) is 4.57. The number of nitrogens with one attached hydrogen (secondary N) is 2. The Morgan fingerprint density at radius 3 is 2.36 bits per heavy atom. The lowest BCUT2D eigenvalue weighted by atomic mass is 9.94. The Balaban J connectivity index is 0. The fraction of sp³-hybridized carbons (Fsp3) is 0.938. The Morgan fingerprint density at radius 1 is 1.27 bits per heavy atom. The minimum absolute atomic E-state index is 0. The van der Waals surface area contributed by atoms with E-state index in [1.165, 1.54) is 0 Å². The molecule has 3 N–H and O–H groups in total. The van der Waals surface area contributed by atoms with Gasteiger partial charge >= 0.3 is 0 Å². The van der Waals surface area contributed by atoms with E-state index in [2.05, 4.69) is 36.4 Å². The predicted octanol–water partition coefficient (Wildman–Crippen LogP) is 2.63. The molecule has 0 bridgehead atoms. The highest BCUT2D eigenvalue weighted by Crippen LogP contribution is 2.14. The van der Waals surface area contributed by atoms with Crippen molar-refractivity contribution in [3.05, 3.63) is 0 Å². The number of ether oxygens (including phenoxy) is 1. The smallest absolute Gasteiger partial charge is 0.191 e. The maximum Gasteiger partial charge on any atom is 0.191 e. The highest BCUT2D eigenvalue weighted by Gasteiger charge is 2.16. The monoisotopic (exact) mass is 429 g/mol. The van der Waals surface area contributed by atoms with Gasteiger partial charge in [0.25, 0.3) is 0 Å². The van der Waals surface area contributed by atoms with E-state index in [9.17, 15) is 0 Å². The van der Waals surface area contributed by atoms with Crippen molar-refractivity contribution in [2.75, 3.05) is 33.4 Å². The van der Waals surface area contributed by atoms with E-state index in [1.54, 1.807) is 7.11 Å². The minimum Gasteiger partial charge on any atom is -0.396 e. The molecule has 0 aliphatic carbocycles. The molecule has 134 valence electrons. The van der Waals surface area contributed by atoms with Gasteiger partial charge in [-0.05, 0) is 45.4 Å². The van der Waals surface area contributed by atoms with Crippen LogP contribution < -0.4 is 10.6 Å². The molecule has 0 aliphatic rings. The minimum atomic E-state index is -0.259. The molecule has 0 aromatic heterocycles. The lowest BCUT2D eigenvalue weighted by molar-refractivity contribution is 0.0310. The molecule has 0 rings (SSSR count). The third-order valence-corrected chi connectivity index (χ3v) is 3.42. The van der Waals surface area contributed by atoms with E-state index in [0.29, 0.717) is 18.4 Å². The van der Waals surface area contributed by atoms with Crippen molar-refractivity contribution in [3.8, 4) is 0 Å². The summed E-state index contributed by atoms with van der Waals surface area (Å²) in [5.41, 5.74) is -0.259. The molecule has 0 spiro atoms. The van der Waals surface area contributed by atoms with Crippen LogP contribution in [-0.2, 0) is 4.74 Å². The van der Waals surface area contributed by atoms with E-state index < -0.39 is 0 Å². The Bertz CT molecular complexity index is 297. The average molecular weight is 429 g/mol. The first kappa shape index (κ1) is 24.2. The van der Waals surface area contributed by atoms with Crippen LogP contribution in [0.2, 0.25) is 0 Å². The molecule has 1 atom stereocenters. The number of aliphatic imine (C=N–C) groups is 1. The first-order chi connectivity index (χ1) is 9.84. The fourth-order valence-corrected chi connectivity index (χ4v) is 2.07. The predicted molar refractivity (Wildman–Crippen MR) is 105 cm³/mol. The maximum atomic E-state index is 9.17. The largest absolute Gasteiger partial charge is 0.396 e. The quantitative estimate of drug-likeness (QED) is 0.284.